The largest absolute Gasteiger partial charge is 0.332 e. The topological polar surface area (TPSA) is 41.1 Å². The molecule has 0 atom stereocenters. The number of carbonyl (C=O) groups is 1. The van der Waals surface area contributed by atoms with Crippen LogP contribution in [0.2, 0.25) is 0 Å². The van der Waals surface area contributed by atoms with Crippen LogP contribution >= 0.6 is 28.1 Å². The van der Waals surface area contributed by atoms with Crippen LogP contribution in [0.5, 0.6) is 0 Å². The van der Waals surface area contributed by atoms with E-state index in [1.54, 1.807) is 12.1 Å². The normalized spacial score (nSPS) is 10.0. The summed E-state index contributed by atoms with van der Waals surface area (Å²) < 4.78 is 0.926. The zero-order chi connectivity index (χ0) is 15.4. The van der Waals surface area contributed by atoms with Crippen molar-refractivity contribution in [3.05, 3.63) is 63.6 Å². The van der Waals surface area contributed by atoms with Gasteiger partial charge >= 0.3 is 0 Å². The first kappa shape index (κ1) is 15.7. The Morgan fingerprint density at radius 3 is 2.43 bits per heavy atom. The Kier molecular flexibility index (Phi) is 5.09. The lowest BCUT2D eigenvalue weighted by molar-refractivity contribution is 0.0977. The average molecular weight is 363 g/mol. The molecule has 1 amide bonds. The highest BCUT2D eigenvalue weighted by Crippen LogP contribution is 2.16. The van der Waals surface area contributed by atoms with E-state index in [0.717, 1.165) is 21.3 Å². The summed E-state index contributed by atoms with van der Waals surface area (Å²) in [6, 6.07) is 13.1. The van der Waals surface area contributed by atoms with Crippen molar-refractivity contribution in [2.24, 2.45) is 0 Å². The van der Waals surface area contributed by atoms with Gasteiger partial charge < -0.3 is 5.32 Å². The van der Waals surface area contributed by atoms with Crippen LogP contribution in [0, 0.1) is 13.8 Å². The molecule has 2 rings (SSSR count). The van der Waals surface area contributed by atoms with Crippen LogP contribution in [-0.2, 0) is 0 Å². The summed E-state index contributed by atoms with van der Waals surface area (Å²) in [5, 5.41) is 6.02. The molecule has 0 spiro atoms. The summed E-state index contributed by atoms with van der Waals surface area (Å²) in [6.45, 7) is 4.00. The van der Waals surface area contributed by atoms with E-state index >= 15 is 0 Å². The Morgan fingerprint density at radius 2 is 1.76 bits per heavy atom. The van der Waals surface area contributed by atoms with Crippen molar-refractivity contribution in [3.63, 3.8) is 0 Å². The maximum absolute atomic E-state index is 12.1. The molecule has 0 unspecified atom stereocenters. The van der Waals surface area contributed by atoms with Crippen LogP contribution in [0.15, 0.2) is 46.9 Å². The number of thiocarbonyl (C=S) groups is 1. The van der Waals surface area contributed by atoms with Gasteiger partial charge in [-0.2, -0.15) is 0 Å². The quantitative estimate of drug-likeness (QED) is 0.786. The summed E-state index contributed by atoms with van der Waals surface area (Å²) in [5.41, 5.74) is 3.66. The second-order valence-electron chi connectivity index (χ2n) is 4.73. The number of hydrogen-bond acceptors (Lipinski definition) is 2. The van der Waals surface area contributed by atoms with Gasteiger partial charge in [0.05, 0.1) is 0 Å². The molecule has 2 aromatic carbocycles. The number of amides is 1. The average Bonchev–Trinajstić information content (AvgIpc) is 2.43. The number of hydrogen-bond donors (Lipinski definition) is 2. The molecule has 21 heavy (non-hydrogen) atoms. The molecule has 0 saturated heterocycles. The minimum atomic E-state index is -0.231. The Balaban J connectivity index is 2.03. The summed E-state index contributed by atoms with van der Waals surface area (Å²) in [4.78, 5) is 12.1. The van der Waals surface area contributed by atoms with Crippen molar-refractivity contribution in [2.45, 2.75) is 13.8 Å². The van der Waals surface area contributed by atoms with Gasteiger partial charge in [-0.15, -0.1) is 0 Å². The Labute approximate surface area is 137 Å². The van der Waals surface area contributed by atoms with E-state index in [2.05, 4.69) is 26.6 Å². The summed E-state index contributed by atoms with van der Waals surface area (Å²) in [5.74, 6) is -0.231. The van der Waals surface area contributed by atoms with Gasteiger partial charge in [0, 0.05) is 15.7 Å². The number of rotatable bonds is 2. The van der Waals surface area contributed by atoms with Crippen LogP contribution in [-0.4, -0.2) is 11.0 Å². The monoisotopic (exact) mass is 362 g/mol. The molecular weight excluding hydrogens is 348 g/mol. The highest BCUT2D eigenvalue weighted by molar-refractivity contribution is 9.10. The van der Waals surface area contributed by atoms with Crippen LogP contribution < -0.4 is 10.6 Å². The molecule has 0 aliphatic heterocycles. The van der Waals surface area contributed by atoms with E-state index in [0.29, 0.717) is 5.56 Å². The first-order valence-electron chi connectivity index (χ1n) is 6.41. The molecule has 2 aromatic rings. The van der Waals surface area contributed by atoms with E-state index in [-0.39, 0.29) is 11.0 Å². The van der Waals surface area contributed by atoms with Gasteiger partial charge in [-0.3, -0.25) is 10.1 Å². The summed E-state index contributed by atoms with van der Waals surface area (Å²) >= 11 is 8.52. The van der Waals surface area contributed by atoms with Crippen LogP contribution in [0.3, 0.4) is 0 Å². The summed E-state index contributed by atoms with van der Waals surface area (Å²) in [7, 11) is 0. The molecule has 0 aliphatic carbocycles. The molecule has 0 aliphatic rings. The number of nitrogens with one attached hydrogen (secondary N) is 2. The lowest BCUT2D eigenvalue weighted by Crippen LogP contribution is -2.34. The van der Waals surface area contributed by atoms with Crippen LogP contribution in [0.1, 0.15) is 21.5 Å². The van der Waals surface area contributed by atoms with E-state index in [9.17, 15) is 4.79 Å². The number of aryl methyl sites for hydroxylation is 2. The highest BCUT2D eigenvalue weighted by atomic mass is 79.9. The third-order valence-electron chi connectivity index (χ3n) is 2.97. The van der Waals surface area contributed by atoms with E-state index in [1.165, 1.54) is 0 Å². The minimum absolute atomic E-state index is 0.231. The maximum atomic E-state index is 12.1. The predicted molar refractivity (Wildman–Crippen MR) is 93.7 cm³/mol. The first-order valence-corrected chi connectivity index (χ1v) is 7.61. The third kappa shape index (κ3) is 4.37. The van der Waals surface area contributed by atoms with Crippen molar-refractivity contribution >= 4 is 44.9 Å². The fourth-order valence-corrected chi connectivity index (χ4v) is 2.27. The lowest BCUT2D eigenvalue weighted by atomic mass is 10.1. The Bertz CT molecular complexity index is 683. The number of carbonyl (C=O) groups excluding carboxylic acids is 1. The van der Waals surface area contributed by atoms with Crippen LogP contribution in [0.4, 0.5) is 5.69 Å². The zero-order valence-electron chi connectivity index (χ0n) is 11.7. The van der Waals surface area contributed by atoms with Crippen LogP contribution in [0.25, 0.3) is 0 Å². The standard InChI is InChI=1S/C16H15BrN2OS/c1-10-3-4-11(2)14(9-10)18-16(21)19-15(20)12-5-7-13(17)8-6-12/h3-9H,1-2H3,(H2,18,19,20,21). The fourth-order valence-electron chi connectivity index (χ4n) is 1.80. The molecular formula is C16H15BrN2OS. The SMILES string of the molecule is Cc1ccc(C)c(NC(=S)NC(=O)c2ccc(Br)cc2)c1. The Hall–Kier alpha value is -1.72. The molecule has 0 fully saturated rings. The molecule has 3 nitrogen and oxygen atoms in total. The van der Waals surface area contributed by atoms with Gasteiger partial charge in [0.2, 0.25) is 0 Å². The highest BCUT2D eigenvalue weighted by Gasteiger charge is 2.08. The molecule has 0 heterocycles. The number of benzene rings is 2. The van der Waals surface area contributed by atoms with Crippen molar-refractivity contribution in [2.75, 3.05) is 5.32 Å². The second kappa shape index (κ2) is 6.83. The molecule has 108 valence electrons. The van der Waals surface area contributed by atoms with E-state index in [1.807, 2.05) is 44.2 Å². The third-order valence-corrected chi connectivity index (χ3v) is 3.71. The zero-order valence-corrected chi connectivity index (χ0v) is 14.1. The van der Waals surface area contributed by atoms with E-state index in [4.69, 9.17) is 12.2 Å². The van der Waals surface area contributed by atoms with Gasteiger partial charge in [-0.1, -0.05) is 28.1 Å². The van der Waals surface area contributed by atoms with Crippen molar-refractivity contribution in [1.82, 2.24) is 5.32 Å². The van der Waals surface area contributed by atoms with Gasteiger partial charge in [-0.25, -0.2) is 0 Å². The second-order valence-corrected chi connectivity index (χ2v) is 6.06. The van der Waals surface area contributed by atoms with E-state index < -0.39 is 0 Å². The minimum Gasteiger partial charge on any atom is -0.332 e. The van der Waals surface area contributed by atoms with Gasteiger partial charge in [0.1, 0.15) is 0 Å². The maximum Gasteiger partial charge on any atom is 0.257 e. The van der Waals surface area contributed by atoms with Gasteiger partial charge in [0.15, 0.2) is 5.11 Å². The molecule has 0 radical (unpaired) electrons. The number of anilines is 1. The molecule has 0 saturated carbocycles. The predicted octanol–water partition coefficient (Wildman–Crippen LogP) is 4.19. The molecule has 5 heteroatoms. The smallest absolute Gasteiger partial charge is 0.257 e. The molecule has 0 bridgehead atoms. The van der Waals surface area contributed by atoms with Crippen molar-refractivity contribution in [3.8, 4) is 0 Å². The first-order chi connectivity index (χ1) is 9.95. The molecule has 0 aromatic heterocycles. The Morgan fingerprint density at radius 1 is 1.10 bits per heavy atom. The van der Waals surface area contributed by atoms with Gasteiger partial charge in [0.25, 0.3) is 5.91 Å². The number of halogens is 1. The van der Waals surface area contributed by atoms with Gasteiger partial charge in [-0.05, 0) is 67.5 Å². The van der Waals surface area contributed by atoms with Crippen molar-refractivity contribution < 1.29 is 4.79 Å². The fraction of sp³-hybridized carbons (Fsp3) is 0.125. The lowest BCUT2D eigenvalue weighted by Gasteiger charge is -2.12. The summed E-state index contributed by atoms with van der Waals surface area (Å²) in [6.07, 6.45) is 0. The molecule has 2 N–H and O–H groups in total. The van der Waals surface area contributed by atoms with Crippen molar-refractivity contribution in [1.29, 1.82) is 0 Å².